The number of alkyl halides is 1. The lowest BCUT2D eigenvalue weighted by molar-refractivity contribution is -0.141. The molecule has 1 aliphatic rings. The number of aliphatic hydroxyl groups excluding tert-OH is 1. The minimum Gasteiger partial charge on any atom is -0.367 e. The van der Waals surface area contributed by atoms with Crippen molar-refractivity contribution in [3.8, 4) is 0 Å². The van der Waals surface area contributed by atoms with Crippen LogP contribution in [0.1, 0.15) is 12.8 Å². The van der Waals surface area contributed by atoms with E-state index in [4.69, 9.17) is 16.3 Å². The number of imidazole rings is 1. The molecule has 120 valence electrons. The summed E-state index contributed by atoms with van der Waals surface area (Å²) >= 11 is 5.71. The van der Waals surface area contributed by atoms with Gasteiger partial charge in [0.1, 0.15) is 6.33 Å². The van der Waals surface area contributed by atoms with E-state index < -0.39 is 6.29 Å². The van der Waals surface area contributed by atoms with Crippen LogP contribution in [0.15, 0.2) is 12.7 Å². The van der Waals surface area contributed by atoms with E-state index in [1.807, 2.05) is 9.58 Å². The van der Waals surface area contributed by atoms with Gasteiger partial charge < -0.3 is 19.8 Å². The van der Waals surface area contributed by atoms with Crippen LogP contribution in [0.5, 0.6) is 0 Å². The second-order valence-corrected chi connectivity index (χ2v) is 5.49. The Hall–Kier alpha value is -1.48. The number of β-amino-alcohol motifs (C(OH)–C–C–N with tert-alkyl or cyclic N) is 1. The largest absolute Gasteiger partial charge is 0.367 e. The van der Waals surface area contributed by atoms with Crippen molar-refractivity contribution in [2.45, 2.75) is 25.7 Å². The Morgan fingerprint density at radius 3 is 3.09 bits per heavy atom. The van der Waals surface area contributed by atoms with Crippen LogP contribution in [0.2, 0.25) is 0 Å². The molecule has 0 spiro atoms. The number of halogens is 1. The molecule has 9 heteroatoms. The van der Waals surface area contributed by atoms with Crippen LogP contribution in [0, 0.1) is 0 Å². The van der Waals surface area contributed by atoms with Crippen molar-refractivity contribution in [2.24, 2.45) is 0 Å². The molecule has 2 aromatic heterocycles. The van der Waals surface area contributed by atoms with E-state index in [1.54, 1.807) is 6.33 Å². The Kier molecular flexibility index (Phi) is 5.04. The number of hydrogen-bond acceptors (Lipinski definition) is 7. The maximum absolute atomic E-state index is 9.53. The lowest BCUT2D eigenvalue weighted by Gasteiger charge is -2.30. The quantitative estimate of drug-likeness (QED) is 0.600. The molecule has 1 unspecified atom stereocenters. The molecule has 22 heavy (non-hydrogen) atoms. The summed E-state index contributed by atoms with van der Waals surface area (Å²) in [6.45, 7) is 2.34. The van der Waals surface area contributed by atoms with Gasteiger partial charge in [-0.05, 0) is 12.8 Å². The Balaban J connectivity index is 1.75. The van der Waals surface area contributed by atoms with Crippen LogP contribution in [0.25, 0.3) is 11.2 Å². The molecular weight excluding hydrogens is 308 g/mol. The fourth-order valence-electron chi connectivity index (χ4n) is 2.39. The molecule has 1 saturated heterocycles. The first kappa shape index (κ1) is 15.4. The molecule has 0 bridgehead atoms. The molecule has 0 aromatic carbocycles. The number of hydrazine groups is 1. The summed E-state index contributed by atoms with van der Waals surface area (Å²) < 4.78 is 7.11. The van der Waals surface area contributed by atoms with Gasteiger partial charge in [-0.25, -0.2) is 20.0 Å². The fourth-order valence-corrected chi connectivity index (χ4v) is 2.57. The van der Waals surface area contributed by atoms with E-state index >= 15 is 0 Å². The third kappa shape index (κ3) is 3.46. The lowest BCUT2D eigenvalue weighted by atomic mass is 10.3. The Bertz CT molecular complexity index is 622. The third-order valence-corrected chi connectivity index (χ3v) is 3.76. The molecule has 1 atom stereocenters. The maximum atomic E-state index is 9.53. The topological polar surface area (TPSA) is 88.3 Å². The number of aromatic nitrogens is 4. The second kappa shape index (κ2) is 7.19. The van der Waals surface area contributed by atoms with Crippen LogP contribution in [-0.2, 0) is 11.3 Å². The summed E-state index contributed by atoms with van der Waals surface area (Å²) in [5, 5.41) is 11.4. The minimum absolute atomic E-state index is 0.377. The van der Waals surface area contributed by atoms with Gasteiger partial charge in [-0.1, -0.05) is 0 Å². The second-order valence-electron chi connectivity index (χ2n) is 5.11. The minimum atomic E-state index is -0.785. The Labute approximate surface area is 133 Å². The van der Waals surface area contributed by atoms with Gasteiger partial charge in [0.25, 0.3) is 0 Å². The highest BCUT2D eigenvalue weighted by Crippen LogP contribution is 2.19. The molecule has 8 nitrogen and oxygen atoms in total. The van der Waals surface area contributed by atoms with Crippen LogP contribution in [0.3, 0.4) is 0 Å². The van der Waals surface area contributed by atoms with E-state index in [0.717, 1.165) is 25.0 Å². The first-order chi connectivity index (χ1) is 10.8. The zero-order valence-corrected chi connectivity index (χ0v) is 12.9. The molecule has 2 N–H and O–H groups in total. The van der Waals surface area contributed by atoms with Gasteiger partial charge in [0.15, 0.2) is 23.3 Å². The summed E-state index contributed by atoms with van der Waals surface area (Å²) in [7, 11) is 0. The van der Waals surface area contributed by atoms with E-state index in [-0.39, 0.29) is 0 Å². The average Bonchev–Trinajstić information content (AvgIpc) is 2.92. The van der Waals surface area contributed by atoms with Crippen molar-refractivity contribution in [1.82, 2.24) is 24.5 Å². The summed E-state index contributed by atoms with van der Waals surface area (Å²) in [5.41, 5.74) is 4.69. The number of fused-ring (bicyclic) bond motifs is 1. The van der Waals surface area contributed by atoms with Gasteiger partial charge in [-0.3, -0.25) is 0 Å². The molecule has 2 aromatic rings. The Morgan fingerprint density at radius 2 is 2.27 bits per heavy atom. The van der Waals surface area contributed by atoms with Crippen molar-refractivity contribution in [3.63, 3.8) is 0 Å². The highest BCUT2D eigenvalue weighted by Gasteiger charge is 2.19. The number of unbranched alkanes of at least 4 members (excludes halogenated alkanes) is 1. The highest BCUT2D eigenvalue weighted by atomic mass is 35.5. The van der Waals surface area contributed by atoms with Crippen LogP contribution < -0.4 is 5.43 Å². The standard InChI is InChI=1S/C13H19ClN6O2/c14-3-1-2-4-19-9-17-11-12(15-8-16-13(11)19)18-20-5-6-22-10(21)7-20/h8-10,21H,1-7H2,(H,15,16,18). The molecule has 3 rings (SSSR count). The zero-order valence-electron chi connectivity index (χ0n) is 12.2. The molecule has 0 amide bonds. The van der Waals surface area contributed by atoms with Gasteiger partial charge in [0, 0.05) is 19.0 Å². The summed E-state index contributed by atoms with van der Waals surface area (Å²) in [5.74, 6) is 1.29. The average molecular weight is 327 g/mol. The number of nitrogens with zero attached hydrogens (tertiary/aromatic N) is 5. The van der Waals surface area contributed by atoms with Crippen molar-refractivity contribution < 1.29 is 9.84 Å². The molecule has 3 heterocycles. The van der Waals surface area contributed by atoms with Gasteiger partial charge in [-0.2, -0.15) is 0 Å². The SMILES string of the molecule is OC1CN(Nc2ncnc3c2ncn3CCCCCl)CCO1. The number of ether oxygens (including phenoxy) is 1. The first-order valence-corrected chi connectivity index (χ1v) is 7.84. The van der Waals surface area contributed by atoms with Crippen molar-refractivity contribution in [2.75, 3.05) is 31.0 Å². The summed E-state index contributed by atoms with van der Waals surface area (Å²) in [6.07, 6.45) is 4.45. The normalized spacial score (nSPS) is 19.6. The number of morpholine rings is 1. The third-order valence-electron chi connectivity index (χ3n) is 3.50. The van der Waals surface area contributed by atoms with E-state index in [9.17, 15) is 5.11 Å². The smallest absolute Gasteiger partial charge is 0.172 e. The van der Waals surface area contributed by atoms with Gasteiger partial charge in [-0.15, -0.1) is 11.6 Å². The van der Waals surface area contributed by atoms with Crippen LogP contribution in [0.4, 0.5) is 5.82 Å². The van der Waals surface area contributed by atoms with Crippen LogP contribution in [-0.4, -0.2) is 61.5 Å². The van der Waals surface area contributed by atoms with Gasteiger partial charge in [0.2, 0.25) is 0 Å². The maximum Gasteiger partial charge on any atom is 0.172 e. The molecule has 1 aliphatic heterocycles. The number of aliphatic hydroxyl groups is 1. The molecule has 0 radical (unpaired) electrons. The number of hydrogen-bond donors (Lipinski definition) is 2. The summed E-state index contributed by atoms with van der Waals surface area (Å²) in [6, 6.07) is 0. The number of aryl methyl sites for hydroxylation is 1. The number of nitrogens with one attached hydrogen (secondary N) is 1. The summed E-state index contributed by atoms with van der Waals surface area (Å²) in [4.78, 5) is 13.0. The van der Waals surface area contributed by atoms with Crippen LogP contribution >= 0.6 is 11.6 Å². The molecular formula is C13H19ClN6O2. The fraction of sp³-hybridized carbons (Fsp3) is 0.615. The van der Waals surface area contributed by atoms with Gasteiger partial charge >= 0.3 is 0 Å². The van der Waals surface area contributed by atoms with Crippen molar-refractivity contribution in [1.29, 1.82) is 0 Å². The van der Waals surface area contributed by atoms with E-state index in [2.05, 4.69) is 20.4 Å². The van der Waals surface area contributed by atoms with E-state index in [1.165, 1.54) is 6.33 Å². The molecule has 0 saturated carbocycles. The number of rotatable bonds is 6. The van der Waals surface area contributed by atoms with Crippen molar-refractivity contribution >= 4 is 28.6 Å². The van der Waals surface area contributed by atoms with E-state index in [0.29, 0.717) is 36.9 Å². The zero-order chi connectivity index (χ0) is 15.4. The molecule has 1 fully saturated rings. The Morgan fingerprint density at radius 1 is 1.36 bits per heavy atom. The highest BCUT2D eigenvalue weighted by molar-refractivity contribution is 6.17. The van der Waals surface area contributed by atoms with Gasteiger partial charge in [0.05, 0.1) is 19.5 Å². The lowest BCUT2D eigenvalue weighted by Crippen LogP contribution is -2.45. The first-order valence-electron chi connectivity index (χ1n) is 7.31. The van der Waals surface area contributed by atoms with Crippen molar-refractivity contribution in [3.05, 3.63) is 12.7 Å². The number of anilines is 1. The predicted molar refractivity (Wildman–Crippen MR) is 82.4 cm³/mol. The monoisotopic (exact) mass is 326 g/mol. The predicted octanol–water partition coefficient (Wildman–Crippen LogP) is 0.823. The molecule has 0 aliphatic carbocycles.